The van der Waals surface area contributed by atoms with Crippen molar-refractivity contribution in [1.29, 1.82) is 0 Å². The highest BCUT2D eigenvalue weighted by atomic mass is 16.6. The Labute approximate surface area is 223 Å². The lowest BCUT2D eigenvalue weighted by atomic mass is 9.93. The molecule has 2 heterocycles. The molecule has 1 atom stereocenters. The molecule has 210 valence electrons. The number of ether oxygens (including phenoxy) is 4. The number of carbonyl (C=O) groups excluding carboxylic acids is 3. The third-order valence-corrected chi connectivity index (χ3v) is 5.63. The molecule has 0 saturated carbocycles. The number of benzene rings is 1. The Morgan fingerprint density at radius 2 is 1.85 bits per heavy atom. The number of amides is 1. The Morgan fingerprint density at radius 3 is 2.51 bits per heavy atom. The van der Waals surface area contributed by atoms with E-state index in [1.807, 2.05) is 6.07 Å². The molecule has 0 aliphatic carbocycles. The minimum atomic E-state index is -2.40. The molecule has 0 unspecified atom stereocenters. The molecule has 0 spiro atoms. The van der Waals surface area contributed by atoms with Gasteiger partial charge in [0.1, 0.15) is 13.3 Å². The number of aromatic nitrogens is 4. The molecule has 14 heteroatoms. The minimum Gasteiger partial charge on any atom is -0.462 e. The molecule has 4 N–H and O–H groups in total. The first-order chi connectivity index (χ1) is 18.5. The quantitative estimate of drug-likeness (QED) is 0.172. The van der Waals surface area contributed by atoms with Crippen LogP contribution in [0.4, 0.5) is 10.7 Å². The topological polar surface area (TPSA) is 190 Å². The molecule has 14 nitrogen and oxygen atoms in total. The number of H-pyrrole nitrogens is 1. The Hall–Kier alpha value is -4.46. The van der Waals surface area contributed by atoms with Crippen LogP contribution in [-0.4, -0.2) is 55.5 Å². The van der Waals surface area contributed by atoms with Crippen LogP contribution < -0.4 is 16.6 Å². The van der Waals surface area contributed by atoms with Crippen LogP contribution >= 0.6 is 0 Å². The van der Waals surface area contributed by atoms with Gasteiger partial charge in [0, 0.05) is 6.42 Å². The first-order valence-electron chi connectivity index (χ1n) is 12.3. The van der Waals surface area contributed by atoms with E-state index in [0.717, 1.165) is 0 Å². The van der Waals surface area contributed by atoms with E-state index in [1.165, 1.54) is 24.7 Å². The van der Waals surface area contributed by atoms with Crippen LogP contribution in [0.15, 0.2) is 41.5 Å². The average Bonchev–Trinajstić information content (AvgIpc) is 3.31. The van der Waals surface area contributed by atoms with E-state index in [-0.39, 0.29) is 36.7 Å². The first-order valence-corrected chi connectivity index (χ1v) is 12.3. The van der Waals surface area contributed by atoms with Gasteiger partial charge in [0.05, 0.1) is 12.9 Å². The average molecular weight is 545 g/mol. The van der Waals surface area contributed by atoms with Crippen molar-refractivity contribution >= 4 is 35.1 Å². The first kappa shape index (κ1) is 29.1. The van der Waals surface area contributed by atoms with Crippen molar-refractivity contribution in [3.8, 4) is 0 Å². The molecule has 0 bridgehead atoms. The molecular weight excluding hydrogens is 512 g/mol. The zero-order chi connectivity index (χ0) is 28.6. The van der Waals surface area contributed by atoms with Crippen LogP contribution in [0.25, 0.3) is 11.2 Å². The lowest BCUT2D eigenvalue weighted by Gasteiger charge is -2.42. The third-order valence-electron chi connectivity index (χ3n) is 5.63. The number of nitrogen functional groups attached to an aromatic ring is 1. The number of hydrogen-bond donors (Lipinski definition) is 3. The second kappa shape index (κ2) is 12.4. The van der Waals surface area contributed by atoms with Crippen LogP contribution in [0.1, 0.15) is 46.1 Å². The maximum atomic E-state index is 13.6. The summed E-state index contributed by atoms with van der Waals surface area (Å²) in [6.07, 6.45) is 0.656. The SMILES string of the molecule is CCCOC(=O)[C@](NC(=O)OCc1ccccc1)(OCn1cnc2c(=O)[nH]c(N)nc21)C(C)(C)OC(=O)CC. The van der Waals surface area contributed by atoms with Crippen molar-refractivity contribution in [2.75, 3.05) is 12.3 Å². The van der Waals surface area contributed by atoms with Gasteiger partial charge in [0.25, 0.3) is 11.3 Å². The van der Waals surface area contributed by atoms with Gasteiger partial charge in [-0.1, -0.05) is 44.2 Å². The van der Waals surface area contributed by atoms with Crippen molar-refractivity contribution < 1.29 is 33.3 Å². The summed E-state index contributed by atoms with van der Waals surface area (Å²) in [7, 11) is 0. The molecule has 1 aromatic carbocycles. The van der Waals surface area contributed by atoms with Crippen molar-refractivity contribution in [2.45, 2.75) is 65.2 Å². The predicted molar refractivity (Wildman–Crippen MR) is 138 cm³/mol. The van der Waals surface area contributed by atoms with E-state index in [9.17, 15) is 19.2 Å². The smallest absolute Gasteiger partial charge is 0.410 e. The van der Waals surface area contributed by atoms with Crippen molar-refractivity contribution in [2.24, 2.45) is 0 Å². The summed E-state index contributed by atoms with van der Waals surface area (Å²) in [6.45, 7) is 5.52. The van der Waals surface area contributed by atoms with E-state index >= 15 is 0 Å². The van der Waals surface area contributed by atoms with Gasteiger partial charge >= 0.3 is 18.0 Å². The van der Waals surface area contributed by atoms with Crippen LogP contribution in [0.5, 0.6) is 0 Å². The number of carbonyl (C=O) groups is 3. The van der Waals surface area contributed by atoms with E-state index in [1.54, 1.807) is 38.1 Å². The maximum Gasteiger partial charge on any atom is 0.410 e. The Morgan fingerprint density at radius 1 is 1.13 bits per heavy atom. The van der Waals surface area contributed by atoms with Gasteiger partial charge in [-0.2, -0.15) is 4.98 Å². The molecule has 0 aliphatic rings. The fourth-order valence-electron chi connectivity index (χ4n) is 3.58. The number of hydrogen-bond acceptors (Lipinski definition) is 11. The number of esters is 2. The van der Waals surface area contributed by atoms with Crippen LogP contribution in [0.3, 0.4) is 0 Å². The number of alkyl carbamates (subject to hydrolysis) is 1. The number of fused-ring (bicyclic) bond motifs is 1. The lowest BCUT2D eigenvalue weighted by molar-refractivity contribution is -0.232. The molecule has 3 rings (SSSR count). The van der Waals surface area contributed by atoms with E-state index in [4.69, 9.17) is 24.7 Å². The summed E-state index contributed by atoms with van der Waals surface area (Å²) < 4.78 is 23.6. The monoisotopic (exact) mass is 544 g/mol. The van der Waals surface area contributed by atoms with E-state index in [0.29, 0.717) is 12.0 Å². The zero-order valence-corrected chi connectivity index (χ0v) is 22.2. The highest BCUT2D eigenvalue weighted by Crippen LogP contribution is 2.31. The fraction of sp³-hybridized carbons (Fsp3) is 0.440. The summed E-state index contributed by atoms with van der Waals surface area (Å²) in [4.78, 5) is 61.5. The number of anilines is 1. The molecule has 0 fully saturated rings. The summed E-state index contributed by atoms with van der Waals surface area (Å²) in [5.41, 5.74) is 1.61. The van der Waals surface area contributed by atoms with Gasteiger partial charge in [-0.05, 0) is 25.8 Å². The number of imidazole rings is 1. The number of nitrogens with one attached hydrogen (secondary N) is 2. The van der Waals surface area contributed by atoms with Crippen LogP contribution in [0.2, 0.25) is 0 Å². The fourth-order valence-corrected chi connectivity index (χ4v) is 3.58. The molecular formula is C25H32N6O8. The standard InChI is InChI=1S/C25H32N6O8/c1-5-12-36-21(34)25(24(3,4)39-17(32)6-2,30-23(35)37-13-16-10-8-7-9-11-16)38-15-31-14-27-18-19(31)28-22(26)29-20(18)33/h7-11,14H,5-6,12-13,15H2,1-4H3,(H,30,35)(H3,26,28,29,33)/t25-/m0/s1. The molecule has 0 radical (unpaired) electrons. The summed E-state index contributed by atoms with van der Waals surface area (Å²) in [5.74, 6) is -1.86. The Kier molecular flexibility index (Phi) is 9.24. The Balaban J connectivity index is 2.00. The normalized spacial score (nSPS) is 12.9. The van der Waals surface area contributed by atoms with Gasteiger partial charge in [-0.15, -0.1) is 0 Å². The van der Waals surface area contributed by atoms with E-state index in [2.05, 4.69) is 20.3 Å². The second-order valence-corrected chi connectivity index (χ2v) is 8.95. The molecule has 3 aromatic rings. The number of aromatic amines is 1. The van der Waals surface area contributed by atoms with Crippen LogP contribution in [0, 0.1) is 0 Å². The lowest BCUT2D eigenvalue weighted by Crippen LogP contribution is -2.70. The molecule has 2 aromatic heterocycles. The van der Waals surface area contributed by atoms with Gasteiger partial charge in [-0.3, -0.25) is 24.5 Å². The zero-order valence-electron chi connectivity index (χ0n) is 22.2. The van der Waals surface area contributed by atoms with Gasteiger partial charge in [0.2, 0.25) is 5.95 Å². The van der Waals surface area contributed by atoms with Gasteiger partial charge < -0.3 is 24.7 Å². The van der Waals surface area contributed by atoms with Gasteiger partial charge in [-0.25, -0.2) is 14.6 Å². The third kappa shape index (κ3) is 6.71. The maximum absolute atomic E-state index is 13.6. The largest absolute Gasteiger partial charge is 0.462 e. The number of nitrogens with two attached hydrogens (primary N) is 1. The molecule has 39 heavy (non-hydrogen) atoms. The summed E-state index contributed by atoms with van der Waals surface area (Å²) >= 11 is 0. The number of nitrogens with zero attached hydrogens (tertiary/aromatic N) is 3. The van der Waals surface area contributed by atoms with Crippen molar-refractivity contribution in [1.82, 2.24) is 24.8 Å². The highest BCUT2D eigenvalue weighted by molar-refractivity contribution is 5.86. The van der Waals surface area contributed by atoms with Crippen molar-refractivity contribution in [3.05, 3.63) is 52.6 Å². The Bertz CT molecular complexity index is 1370. The predicted octanol–water partition coefficient (Wildman–Crippen LogP) is 1.98. The minimum absolute atomic E-state index is 0.00996. The van der Waals surface area contributed by atoms with Gasteiger partial charge in [0.15, 0.2) is 16.8 Å². The second-order valence-electron chi connectivity index (χ2n) is 8.95. The number of rotatable bonds is 12. The summed E-state index contributed by atoms with van der Waals surface area (Å²) in [6, 6.07) is 8.88. The van der Waals surface area contributed by atoms with Crippen LogP contribution in [-0.2, 0) is 41.9 Å². The molecule has 1 amide bonds. The van der Waals surface area contributed by atoms with E-state index < -0.39 is 41.6 Å². The summed E-state index contributed by atoms with van der Waals surface area (Å²) in [5, 5.41) is 2.43. The highest BCUT2D eigenvalue weighted by Gasteiger charge is 2.59. The molecule has 0 saturated heterocycles. The van der Waals surface area contributed by atoms with Crippen molar-refractivity contribution in [3.63, 3.8) is 0 Å². The molecule has 0 aliphatic heterocycles.